The zero-order valence-electron chi connectivity index (χ0n) is 15.4. The van der Waals surface area contributed by atoms with Crippen LogP contribution in [0, 0.1) is 0 Å². The highest BCUT2D eigenvalue weighted by Gasteiger charge is 2.64. The van der Waals surface area contributed by atoms with Gasteiger partial charge >= 0.3 is 5.97 Å². The summed E-state index contributed by atoms with van der Waals surface area (Å²) in [4.78, 5) is 11.1. The molecule has 0 saturated heterocycles. The van der Waals surface area contributed by atoms with Crippen LogP contribution < -0.4 is 0 Å². The molecule has 27 heavy (non-hydrogen) atoms. The second-order valence-corrected chi connectivity index (χ2v) is 10.8. The molecule has 0 radical (unpaired) electrons. The maximum absolute atomic E-state index is 11.1. The number of unbranched alkanes of at least 4 members (excludes halogenated alkanes) is 5. The van der Waals surface area contributed by atoms with Crippen LogP contribution >= 0.6 is 69.6 Å². The van der Waals surface area contributed by atoms with Crippen molar-refractivity contribution in [3.8, 4) is 0 Å². The lowest BCUT2D eigenvalue weighted by atomic mass is 10.0. The van der Waals surface area contributed by atoms with Crippen LogP contribution in [0.3, 0.4) is 0 Å². The smallest absolute Gasteiger partial charge is 0.343 e. The van der Waals surface area contributed by atoms with Crippen LogP contribution in [0.4, 0.5) is 0 Å². The van der Waals surface area contributed by atoms with Gasteiger partial charge in [0, 0.05) is 0 Å². The van der Waals surface area contributed by atoms with Crippen molar-refractivity contribution in [2.24, 2.45) is 0 Å². The van der Waals surface area contributed by atoms with E-state index in [9.17, 15) is 9.90 Å². The Balaban J connectivity index is 4.17. The zero-order valence-corrected chi connectivity index (χ0v) is 19.9. The fourth-order valence-electron chi connectivity index (χ4n) is 2.43. The van der Waals surface area contributed by atoms with E-state index in [0.29, 0.717) is 12.8 Å². The Bertz CT molecular complexity index is 466. The Kier molecular flexibility index (Phi) is 13.7. The fraction of sp³-hybridized carbons (Fsp3) is 0.833. The van der Waals surface area contributed by atoms with Crippen LogP contribution in [0.5, 0.6) is 0 Å². The molecule has 2 N–H and O–H groups in total. The highest BCUT2D eigenvalue weighted by atomic mass is 35.5. The lowest BCUT2D eigenvalue weighted by Crippen LogP contribution is -2.53. The summed E-state index contributed by atoms with van der Waals surface area (Å²) >= 11 is 35.7. The molecule has 3 nitrogen and oxygen atoms in total. The lowest BCUT2D eigenvalue weighted by molar-refractivity contribution is -0.138. The number of carboxylic acid groups (broad SMARTS) is 1. The highest BCUT2D eigenvalue weighted by molar-refractivity contribution is 6.73. The molecule has 160 valence electrons. The molecule has 0 aliphatic rings. The minimum Gasteiger partial charge on any atom is -0.479 e. The largest absolute Gasteiger partial charge is 0.479 e. The van der Waals surface area contributed by atoms with Crippen molar-refractivity contribution in [2.45, 2.75) is 90.2 Å². The monoisotopic (exact) mass is 502 g/mol. The summed E-state index contributed by atoms with van der Waals surface area (Å²) in [6.07, 6.45) is 11.8. The number of carbonyl (C=O) groups is 1. The third-order valence-corrected chi connectivity index (χ3v) is 8.02. The van der Waals surface area contributed by atoms with Gasteiger partial charge in [-0.1, -0.05) is 121 Å². The third-order valence-electron chi connectivity index (χ3n) is 4.20. The number of hydrogen-bond donors (Lipinski definition) is 2. The van der Waals surface area contributed by atoms with E-state index in [-0.39, 0.29) is 12.5 Å². The maximum Gasteiger partial charge on any atom is 0.343 e. The number of aliphatic hydroxyl groups excluding tert-OH is 1. The summed E-state index contributed by atoms with van der Waals surface area (Å²) in [6.45, 7) is 2.16. The summed E-state index contributed by atoms with van der Waals surface area (Å²) < 4.78 is -6.68. The second-order valence-electron chi connectivity index (χ2n) is 6.61. The first-order valence-corrected chi connectivity index (χ1v) is 11.4. The Morgan fingerprint density at radius 2 is 1.59 bits per heavy atom. The van der Waals surface area contributed by atoms with Gasteiger partial charge in [-0.15, -0.1) is 0 Å². The van der Waals surface area contributed by atoms with Crippen LogP contribution in [0.1, 0.15) is 71.1 Å². The molecule has 1 atom stereocenters. The number of aliphatic hydroxyl groups is 1. The molecule has 0 aliphatic carbocycles. The summed E-state index contributed by atoms with van der Waals surface area (Å²) in [5.41, 5.74) is 0. The minimum atomic E-state index is -2.55. The fourth-order valence-corrected chi connectivity index (χ4v) is 3.84. The molecule has 0 rings (SSSR count). The van der Waals surface area contributed by atoms with Crippen LogP contribution in [0.25, 0.3) is 0 Å². The molecule has 0 unspecified atom stereocenters. The second kappa shape index (κ2) is 13.3. The average Bonchev–Trinajstić information content (AvgIpc) is 2.57. The normalized spacial score (nSPS) is 14.7. The van der Waals surface area contributed by atoms with Crippen molar-refractivity contribution in [3.63, 3.8) is 0 Å². The molecule has 0 aromatic carbocycles. The van der Waals surface area contributed by atoms with E-state index in [0.717, 1.165) is 32.1 Å². The molecular formula is C18H28Cl6O3. The van der Waals surface area contributed by atoms with Gasteiger partial charge in [0.25, 0.3) is 0 Å². The molecule has 0 fully saturated rings. The van der Waals surface area contributed by atoms with E-state index >= 15 is 0 Å². The topological polar surface area (TPSA) is 57.5 Å². The van der Waals surface area contributed by atoms with Gasteiger partial charge in [0.15, 0.2) is 8.67 Å². The predicted molar refractivity (Wildman–Crippen MR) is 118 cm³/mol. The van der Waals surface area contributed by atoms with Gasteiger partial charge < -0.3 is 10.2 Å². The number of rotatable bonds is 15. The lowest BCUT2D eigenvalue weighted by Gasteiger charge is -2.38. The number of alkyl halides is 6. The van der Waals surface area contributed by atoms with Crippen molar-refractivity contribution in [3.05, 3.63) is 12.2 Å². The Morgan fingerprint density at radius 1 is 0.963 bits per heavy atom. The summed E-state index contributed by atoms with van der Waals surface area (Å²) in [5.74, 6) is -1.63. The first-order valence-electron chi connectivity index (χ1n) is 9.10. The Labute approximate surface area is 192 Å². The molecule has 9 heteroatoms. The van der Waals surface area contributed by atoms with Crippen molar-refractivity contribution < 1.29 is 15.0 Å². The van der Waals surface area contributed by atoms with Gasteiger partial charge in [-0.05, 0) is 32.1 Å². The van der Waals surface area contributed by atoms with E-state index in [1.807, 2.05) is 12.2 Å². The van der Waals surface area contributed by atoms with Crippen molar-refractivity contribution in [1.29, 1.82) is 0 Å². The van der Waals surface area contributed by atoms with Crippen LogP contribution in [-0.2, 0) is 4.79 Å². The van der Waals surface area contributed by atoms with Crippen LogP contribution in [0.2, 0.25) is 0 Å². The van der Waals surface area contributed by atoms with E-state index in [1.165, 1.54) is 12.8 Å². The highest BCUT2D eigenvalue weighted by Crippen LogP contribution is 2.56. The zero-order chi connectivity index (χ0) is 21.1. The number of aliphatic carboxylic acids is 1. The predicted octanol–water partition coefficient (Wildman–Crippen LogP) is 7.43. The van der Waals surface area contributed by atoms with Gasteiger partial charge in [-0.3, -0.25) is 0 Å². The van der Waals surface area contributed by atoms with E-state index in [1.54, 1.807) is 0 Å². The van der Waals surface area contributed by atoms with E-state index in [4.69, 9.17) is 74.7 Å². The minimum absolute atomic E-state index is 0.117. The number of carboxylic acids is 1. The molecule has 0 aromatic rings. The van der Waals surface area contributed by atoms with Crippen LogP contribution in [0.15, 0.2) is 12.2 Å². The molecule has 0 saturated carbocycles. The number of halogens is 6. The summed E-state index contributed by atoms with van der Waals surface area (Å²) in [6, 6.07) is 0. The third kappa shape index (κ3) is 9.51. The Morgan fingerprint density at radius 3 is 2.15 bits per heavy atom. The summed E-state index contributed by atoms with van der Waals surface area (Å²) in [5, 5.41) is 18.9. The summed E-state index contributed by atoms with van der Waals surface area (Å²) in [7, 11) is 0. The first-order chi connectivity index (χ1) is 12.4. The molecule has 0 amide bonds. The number of hydrogen-bond acceptors (Lipinski definition) is 2. The molecule has 0 spiro atoms. The molecule has 0 aromatic heterocycles. The van der Waals surface area contributed by atoms with Crippen molar-refractivity contribution in [1.82, 2.24) is 0 Å². The van der Waals surface area contributed by atoms with Crippen molar-refractivity contribution in [2.75, 3.05) is 0 Å². The first kappa shape index (κ1) is 27.9. The van der Waals surface area contributed by atoms with E-state index in [2.05, 4.69) is 6.92 Å². The SMILES string of the molecule is CCCCCC[C@@H](O)CC=CCCCCC(Cl)(Cl)C(Cl)(Cl)C(Cl)(Cl)C(=O)O. The van der Waals surface area contributed by atoms with Crippen molar-refractivity contribution >= 4 is 75.6 Å². The van der Waals surface area contributed by atoms with Gasteiger partial charge in [0.05, 0.1) is 6.10 Å². The Hall–Kier alpha value is 0.910. The molecule has 0 heterocycles. The van der Waals surface area contributed by atoms with Gasteiger partial charge in [-0.25, -0.2) is 4.79 Å². The molecule has 0 bridgehead atoms. The van der Waals surface area contributed by atoms with Gasteiger partial charge in [0.2, 0.25) is 4.33 Å². The molecule has 0 aliphatic heterocycles. The average molecular weight is 505 g/mol. The van der Waals surface area contributed by atoms with Crippen LogP contribution in [-0.4, -0.2) is 35.3 Å². The van der Waals surface area contributed by atoms with Gasteiger partial charge in [0.1, 0.15) is 0 Å². The van der Waals surface area contributed by atoms with E-state index < -0.39 is 19.0 Å². The standard InChI is InChI=1S/C18H28Cl6O3/c1-2-3-4-8-11-14(25)12-9-6-5-7-10-13-16(19,20)18(23,24)17(21,22)15(26)27/h6,9,14,25H,2-5,7-8,10-13H2,1H3,(H,26,27)/t14-/m1/s1. The maximum atomic E-state index is 11.1. The number of allylic oxidation sites excluding steroid dienone is 1. The molecular weight excluding hydrogens is 477 g/mol. The quantitative estimate of drug-likeness (QED) is 0.138. The van der Waals surface area contributed by atoms with Gasteiger partial charge in [-0.2, -0.15) is 0 Å².